The zero-order chi connectivity index (χ0) is 14.5. The molecule has 0 aliphatic carbocycles. The van der Waals surface area contributed by atoms with Gasteiger partial charge in [-0.1, -0.05) is 31.2 Å². The van der Waals surface area contributed by atoms with Crippen molar-refractivity contribution in [2.24, 2.45) is 0 Å². The molecule has 0 spiro atoms. The molecule has 4 heteroatoms. The SMILES string of the molecule is CCC(Nc1c(F)cccc1F)c1ccccc1OC. The molecule has 2 aromatic rings. The second-order valence-electron chi connectivity index (χ2n) is 4.44. The number of rotatable bonds is 5. The minimum Gasteiger partial charge on any atom is -0.496 e. The number of halogens is 2. The number of hydrogen-bond acceptors (Lipinski definition) is 2. The van der Waals surface area contributed by atoms with Crippen LogP contribution in [0.15, 0.2) is 42.5 Å². The van der Waals surface area contributed by atoms with Gasteiger partial charge in [-0.25, -0.2) is 8.78 Å². The summed E-state index contributed by atoms with van der Waals surface area (Å²) < 4.78 is 32.7. The van der Waals surface area contributed by atoms with Crippen LogP contribution in [0, 0.1) is 11.6 Å². The molecule has 0 aliphatic rings. The Morgan fingerprint density at radius 1 is 1.05 bits per heavy atom. The van der Waals surface area contributed by atoms with Crippen molar-refractivity contribution in [1.29, 1.82) is 0 Å². The molecular formula is C16H17F2NO. The van der Waals surface area contributed by atoms with Gasteiger partial charge in [0.25, 0.3) is 0 Å². The van der Waals surface area contributed by atoms with Crippen molar-refractivity contribution in [1.82, 2.24) is 0 Å². The van der Waals surface area contributed by atoms with Crippen LogP contribution in [0.2, 0.25) is 0 Å². The molecule has 2 rings (SSSR count). The van der Waals surface area contributed by atoms with E-state index in [1.807, 2.05) is 31.2 Å². The zero-order valence-corrected chi connectivity index (χ0v) is 11.5. The zero-order valence-electron chi connectivity index (χ0n) is 11.5. The largest absolute Gasteiger partial charge is 0.496 e. The van der Waals surface area contributed by atoms with Gasteiger partial charge in [0.05, 0.1) is 13.2 Å². The first-order chi connectivity index (χ1) is 9.67. The van der Waals surface area contributed by atoms with E-state index in [1.165, 1.54) is 18.2 Å². The van der Waals surface area contributed by atoms with E-state index in [1.54, 1.807) is 7.11 Å². The lowest BCUT2D eigenvalue weighted by atomic mass is 10.0. The van der Waals surface area contributed by atoms with Crippen LogP contribution < -0.4 is 10.1 Å². The molecule has 0 saturated heterocycles. The molecule has 2 aromatic carbocycles. The lowest BCUT2D eigenvalue weighted by Gasteiger charge is -2.21. The highest BCUT2D eigenvalue weighted by Crippen LogP contribution is 2.31. The molecule has 106 valence electrons. The molecule has 0 heterocycles. The predicted octanol–water partition coefficient (Wildman–Crippen LogP) is 4.54. The Morgan fingerprint density at radius 3 is 2.30 bits per heavy atom. The van der Waals surface area contributed by atoms with E-state index in [0.29, 0.717) is 12.2 Å². The molecule has 0 amide bonds. The van der Waals surface area contributed by atoms with Gasteiger partial charge in [0.15, 0.2) is 0 Å². The van der Waals surface area contributed by atoms with Gasteiger partial charge in [-0.2, -0.15) is 0 Å². The Labute approximate surface area is 117 Å². The molecule has 0 aromatic heterocycles. The number of ether oxygens (including phenoxy) is 1. The summed E-state index contributed by atoms with van der Waals surface area (Å²) in [4.78, 5) is 0. The first kappa shape index (κ1) is 14.3. The molecule has 0 fully saturated rings. The monoisotopic (exact) mass is 277 g/mol. The van der Waals surface area contributed by atoms with E-state index in [4.69, 9.17) is 4.74 Å². The highest BCUT2D eigenvalue weighted by molar-refractivity contribution is 5.50. The Morgan fingerprint density at radius 2 is 1.70 bits per heavy atom. The van der Waals surface area contributed by atoms with E-state index < -0.39 is 11.6 Å². The third-order valence-electron chi connectivity index (χ3n) is 3.20. The highest BCUT2D eigenvalue weighted by Gasteiger charge is 2.17. The standard InChI is InChI=1S/C16H17F2NO/c1-3-14(11-7-4-5-10-15(11)20-2)19-16-12(17)8-6-9-13(16)18/h4-10,14,19H,3H2,1-2H3. The fourth-order valence-electron chi connectivity index (χ4n) is 2.16. The van der Waals surface area contributed by atoms with Gasteiger partial charge < -0.3 is 10.1 Å². The summed E-state index contributed by atoms with van der Waals surface area (Å²) >= 11 is 0. The first-order valence-corrected chi connectivity index (χ1v) is 6.50. The third-order valence-corrected chi connectivity index (χ3v) is 3.20. The molecule has 20 heavy (non-hydrogen) atoms. The summed E-state index contributed by atoms with van der Waals surface area (Å²) in [6.45, 7) is 1.95. The topological polar surface area (TPSA) is 21.3 Å². The van der Waals surface area contributed by atoms with Crippen LogP contribution in [0.25, 0.3) is 0 Å². The van der Waals surface area contributed by atoms with Gasteiger partial charge in [-0.15, -0.1) is 0 Å². The quantitative estimate of drug-likeness (QED) is 0.866. The fraction of sp³-hybridized carbons (Fsp3) is 0.250. The maximum absolute atomic E-state index is 13.7. The Bertz CT molecular complexity index is 566. The summed E-state index contributed by atoms with van der Waals surface area (Å²) in [5.74, 6) is -0.500. The molecule has 0 radical (unpaired) electrons. The number of para-hydroxylation sites is 2. The van der Waals surface area contributed by atoms with Crippen molar-refractivity contribution in [3.05, 3.63) is 59.7 Å². The van der Waals surface area contributed by atoms with E-state index in [9.17, 15) is 8.78 Å². The smallest absolute Gasteiger partial charge is 0.149 e. The van der Waals surface area contributed by atoms with Crippen LogP contribution in [-0.2, 0) is 0 Å². The first-order valence-electron chi connectivity index (χ1n) is 6.50. The maximum Gasteiger partial charge on any atom is 0.149 e. The van der Waals surface area contributed by atoms with Crippen molar-refractivity contribution in [2.75, 3.05) is 12.4 Å². The summed E-state index contributed by atoms with van der Waals surface area (Å²) in [5.41, 5.74) is 0.769. The molecule has 2 nitrogen and oxygen atoms in total. The van der Waals surface area contributed by atoms with Crippen molar-refractivity contribution < 1.29 is 13.5 Å². The van der Waals surface area contributed by atoms with Crippen LogP contribution in [-0.4, -0.2) is 7.11 Å². The van der Waals surface area contributed by atoms with Crippen LogP contribution in [0.5, 0.6) is 5.75 Å². The second kappa shape index (κ2) is 6.37. The normalized spacial score (nSPS) is 12.0. The van der Waals surface area contributed by atoms with E-state index in [0.717, 1.165) is 5.56 Å². The van der Waals surface area contributed by atoms with Crippen molar-refractivity contribution in [3.8, 4) is 5.75 Å². The number of hydrogen-bond donors (Lipinski definition) is 1. The molecular weight excluding hydrogens is 260 g/mol. The Hall–Kier alpha value is -2.10. The highest BCUT2D eigenvalue weighted by atomic mass is 19.1. The van der Waals surface area contributed by atoms with Crippen LogP contribution >= 0.6 is 0 Å². The molecule has 1 atom stereocenters. The Kier molecular flexibility index (Phi) is 4.56. The minimum absolute atomic E-state index is 0.106. The van der Waals surface area contributed by atoms with Gasteiger partial charge in [0, 0.05) is 5.56 Å². The number of methoxy groups -OCH3 is 1. The van der Waals surface area contributed by atoms with E-state index >= 15 is 0 Å². The summed E-state index contributed by atoms with van der Waals surface area (Å²) in [6.07, 6.45) is 0.675. The average molecular weight is 277 g/mol. The molecule has 1 unspecified atom stereocenters. The lowest BCUT2D eigenvalue weighted by Crippen LogP contribution is -2.13. The van der Waals surface area contributed by atoms with Gasteiger partial charge in [-0.05, 0) is 24.6 Å². The van der Waals surface area contributed by atoms with Gasteiger partial charge in [-0.3, -0.25) is 0 Å². The van der Waals surface area contributed by atoms with Gasteiger partial charge in [0.1, 0.15) is 23.1 Å². The van der Waals surface area contributed by atoms with E-state index in [2.05, 4.69) is 5.32 Å². The van der Waals surface area contributed by atoms with Crippen molar-refractivity contribution in [2.45, 2.75) is 19.4 Å². The number of nitrogens with one attached hydrogen (secondary N) is 1. The van der Waals surface area contributed by atoms with E-state index in [-0.39, 0.29) is 11.7 Å². The van der Waals surface area contributed by atoms with Gasteiger partial charge >= 0.3 is 0 Å². The fourth-order valence-corrected chi connectivity index (χ4v) is 2.16. The van der Waals surface area contributed by atoms with Gasteiger partial charge in [0.2, 0.25) is 0 Å². The van der Waals surface area contributed by atoms with Crippen LogP contribution in [0.4, 0.5) is 14.5 Å². The molecule has 0 bridgehead atoms. The van der Waals surface area contributed by atoms with Crippen LogP contribution in [0.3, 0.4) is 0 Å². The van der Waals surface area contributed by atoms with Crippen molar-refractivity contribution >= 4 is 5.69 Å². The van der Waals surface area contributed by atoms with Crippen molar-refractivity contribution in [3.63, 3.8) is 0 Å². The Balaban J connectivity index is 2.34. The summed E-state index contributed by atoms with van der Waals surface area (Å²) in [7, 11) is 1.58. The average Bonchev–Trinajstić information content (AvgIpc) is 2.47. The summed E-state index contributed by atoms with van der Waals surface area (Å²) in [5, 5.41) is 2.93. The third kappa shape index (κ3) is 2.90. The maximum atomic E-state index is 13.7. The molecule has 0 saturated carbocycles. The lowest BCUT2D eigenvalue weighted by molar-refractivity contribution is 0.406. The predicted molar refractivity (Wildman–Crippen MR) is 76.0 cm³/mol. The minimum atomic E-state index is -0.599. The van der Waals surface area contributed by atoms with Crippen LogP contribution in [0.1, 0.15) is 24.9 Å². The number of benzene rings is 2. The molecule has 1 N–H and O–H groups in total. The molecule has 0 aliphatic heterocycles. The number of anilines is 1. The second-order valence-corrected chi connectivity index (χ2v) is 4.44. The summed E-state index contributed by atoms with van der Waals surface area (Å²) in [6, 6.07) is 11.0.